The maximum Gasteiger partial charge on any atom is 0.241 e. The predicted molar refractivity (Wildman–Crippen MR) is 104 cm³/mol. The number of nitrogens with one attached hydrogen (secondary N) is 1. The number of likely N-dealkylation sites (N-methyl/N-ethyl adjacent to an activating group) is 1. The number of rotatable bonds is 4. The van der Waals surface area contributed by atoms with Gasteiger partial charge in [-0.2, -0.15) is 0 Å². The lowest BCUT2D eigenvalue weighted by Crippen LogP contribution is -2.47. The third-order valence-electron chi connectivity index (χ3n) is 3.88. The van der Waals surface area contributed by atoms with E-state index in [1.807, 2.05) is 55.6 Å². The largest absolute Gasteiger partial charge is 0.350 e. The van der Waals surface area contributed by atoms with Crippen LogP contribution in [0.1, 0.15) is 34.1 Å². The number of hydrogen-bond donors (Lipinski definition) is 1. The number of hydrogen-bond acceptors (Lipinski definition) is 4. The van der Waals surface area contributed by atoms with Gasteiger partial charge in [-0.3, -0.25) is 14.5 Å². The molecule has 6 heteroatoms. The Morgan fingerprint density at radius 1 is 1.28 bits per heavy atom. The van der Waals surface area contributed by atoms with Crippen molar-refractivity contribution < 1.29 is 9.59 Å². The van der Waals surface area contributed by atoms with E-state index in [0.29, 0.717) is 11.8 Å². The molecule has 1 N–H and O–H groups in total. The smallest absolute Gasteiger partial charge is 0.241 e. The summed E-state index contributed by atoms with van der Waals surface area (Å²) >= 11 is 1.82. The second kappa shape index (κ2) is 8.23. The molecule has 0 fully saturated rings. The number of para-hydroxylation sites is 1. The van der Waals surface area contributed by atoms with Gasteiger partial charge in [-0.1, -0.05) is 19.1 Å². The van der Waals surface area contributed by atoms with Crippen LogP contribution < -0.4 is 10.2 Å². The molecular formula is C19H29N3O2S. The van der Waals surface area contributed by atoms with Crippen LogP contribution in [0.3, 0.4) is 0 Å². The predicted octanol–water partition coefficient (Wildman–Crippen LogP) is 2.75. The molecule has 0 saturated heterocycles. The molecule has 0 bridgehead atoms. The zero-order chi connectivity index (χ0) is 18.6. The highest BCUT2D eigenvalue weighted by molar-refractivity contribution is 8.00. The summed E-state index contributed by atoms with van der Waals surface area (Å²) < 4.78 is 0. The van der Waals surface area contributed by atoms with Crippen molar-refractivity contribution in [2.24, 2.45) is 0 Å². The van der Waals surface area contributed by atoms with E-state index < -0.39 is 0 Å². The first-order chi connectivity index (χ1) is 11.7. The number of thioether (sulfide) groups is 1. The van der Waals surface area contributed by atoms with Gasteiger partial charge in [0.25, 0.3) is 0 Å². The van der Waals surface area contributed by atoms with Crippen LogP contribution >= 0.6 is 11.8 Å². The average Bonchev–Trinajstić information content (AvgIpc) is 2.62. The van der Waals surface area contributed by atoms with Gasteiger partial charge in [-0.05, 0) is 46.4 Å². The molecule has 2 rings (SSSR count). The van der Waals surface area contributed by atoms with E-state index in [1.165, 1.54) is 0 Å². The Balaban J connectivity index is 2.01. The topological polar surface area (TPSA) is 52.7 Å². The highest BCUT2D eigenvalue weighted by Crippen LogP contribution is 2.37. The third kappa shape index (κ3) is 6.04. The Labute approximate surface area is 155 Å². The minimum absolute atomic E-state index is 0.0354. The van der Waals surface area contributed by atoms with Gasteiger partial charge in [-0.15, -0.1) is 11.8 Å². The monoisotopic (exact) mass is 363 g/mol. The molecule has 1 atom stereocenters. The summed E-state index contributed by atoms with van der Waals surface area (Å²) in [4.78, 5) is 29.7. The van der Waals surface area contributed by atoms with E-state index in [9.17, 15) is 9.59 Å². The number of benzene rings is 1. The zero-order valence-electron chi connectivity index (χ0n) is 15.8. The highest BCUT2D eigenvalue weighted by atomic mass is 32.2. The van der Waals surface area contributed by atoms with E-state index in [4.69, 9.17) is 0 Å². The molecule has 0 unspecified atom stereocenters. The van der Waals surface area contributed by atoms with Crippen LogP contribution in [0.15, 0.2) is 29.2 Å². The fraction of sp³-hybridized carbons (Fsp3) is 0.579. The van der Waals surface area contributed by atoms with Gasteiger partial charge in [0.05, 0.1) is 18.8 Å². The van der Waals surface area contributed by atoms with Crippen molar-refractivity contribution in [1.82, 2.24) is 10.2 Å². The van der Waals surface area contributed by atoms with Crippen molar-refractivity contribution in [3.63, 3.8) is 0 Å². The van der Waals surface area contributed by atoms with E-state index in [1.54, 1.807) is 11.9 Å². The van der Waals surface area contributed by atoms with Crippen LogP contribution in [0.2, 0.25) is 0 Å². The van der Waals surface area contributed by atoms with Crippen LogP contribution in [0, 0.1) is 0 Å². The molecule has 0 aliphatic carbocycles. The van der Waals surface area contributed by atoms with Gasteiger partial charge in [0, 0.05) is 22.2 Å². The number of nitrogens with zero attached hydrogens (tertiary/aromatic N) is 2. The summed E-state index contributed by atoms with van der Waals surface area (Å²) in [6.45, 7) is 9.19. The first-order valence-electron chi connectivity index (χ1n) is 8.71. The maximum atomic E-state index is 12.8. The normalized spacial score (nSPS) is 17.8. The molecule has 5 nitrogen and oxygen atoms in total. The number of amides is 2. The first kappa shape index (κ1) is 19.8. The summed E-state index contributed by atoms with van der Waals surface area (Å²) in [5.41, 5.74) is 0.716. The van der Waals surface area contributed by atoms with Crippen molar-refractivity contribution in [3.8, 4) is 0 Å². The quantitative estimate of drug-likeness (QED) is 0.894. The minimum atomic E-state index is -0.265. The van der Waals surface area contributed by atoms with Crippen LogP contribution in [-0.2, 0) is 9.59 Å². The molecule has 1 heterocycles. The third-order valence-corrected chi connectivity index (χ3v) is 5.11. The van der Waals surface area contributed by atoms with Gasteiger partial charge < -0.3 is 10.2 Å². The van der Waals surface area contributed by atoms with E-state index in [0.717, 1.165) is 17.0 Å². The van der Waals surface area contributed by atoms with Gasteiger partial charge >= 0.3 is 0 Å². The Bertz CT molecular complexity index is 627. The molecule has 138 valence electrons. The van der Waals surface area contributed by atoms with Crippen LogP contribution in [0.25, 0.3) is 0 Å². The number of carbonyl (C=O) groups excluding carboxylic acids is 2. The molecule has 25 heavy (non-hydrogen) atoms. The summed E-state index contributed by atoms with van der Waals surface area (Å²) in [6.07, 6.45) is 0.958. The molecule has 1 aromatic rings. The van der Waals surface area contributed by atoms with Gasteiger partial charge in [0.2, 0.25) is 11.8 Å². The number of anilines is 1. The molecule has 1 aliphatic rings. The summed E-state index contributed by atoms with van der Waals surface area (Å²) in [5, 5.41) is 3.41. The number of carbonyl (C=O) groups is 2. The molecule has 1 aromatic carbocycles. The Morgan fingerprint density at radius 2 is 1.96 bits per heavy atom. The van der Waals surface area contributed by atoms with E-state index in [-0.39, 0.29) is 30.4 Å². The van der Waals surface area contributed by atoms with E-state index >= 15 is 0 Å². The zero-order valence-corrected chi connectivity index (χ0v) is 16.7. The highest BCUT2D eigenvalue weighted by Gasteiger charge is 2.25. The molecular weight excluding hydrogens is 334 g/mol. The van der Waals surface area contributed by atoms with Crippen molar-refractivity contribution in [3.05, 3.63) is 24.3 Å². The average molecular weight is 364 g/mol. The van der Waals surface area contributed by atoms with Crippen molar-refractivity contribution >= 4 is 29.3 Å². The van der Waals surface area contributed by atoms with Gasteiger partial charge in [0.15, 0.2) is 0 Å². The van der Waals surface area contributed by atoms with Gasteiger partial charge in [-0.25, -0.2) is 0 Å². The van der Waals surface area contributed by atoms with Gasteiger partial charge in [0.1, 0.15) is 0 Å². The first-order valence-corrected chi connectivity index (χ1v) is 9.59. The Kier molecular flexibility index (Phi) is 6.52. The SMILES string of the molecule is C[C@H]1CCN(C(=O)CN(C)CC(=O)NC(C)(C)C)c2ccccc2S1. The molecule has 1 aliphatic heterocycles. The van der Waals surface area contributed by atoms with Crippen molar-refractivity contribution in [1.29, 1.82) is 0 Å². The fourth-order valence-electron chi connectivity index (χ4n) is 2.82. The van der Waals surface area contributed by atoms with Crippen molar-refractivity contribution in [2.75, 3.05) is 31.6 Å². The molecule has 0 radical (unpaired) electrons. The van der Waals surface area contributed by atoms with Crippen LogP contribution in [0.5, 0.6) is 0 Å². The molecule has 0 aromatic heterocycles. The molecule has 0 saturated carbocycles. The fourth-order valence-corrected chi connectivity index (χ4v) is 3.93. The number of fused-ring (bicyclic) bond motifs is 1. The summed E-state index contributed by atoms with van der Waals surface area (Å²) in [5.74, 6) is -0.0311. The molecule has 2 amide bonds. The lowest BCUT2D eigenvalue weighted by Gasteiger charge is -2.26. The van der Waals surface area contributed by atoms with E-state index in [2.05, 4.69) is 18.3 Å². The Hall–Kier alpha value is -1.53. The summed E-state index contributed by atoms with van der Waals surface area (Å²) in [6, 6.07) is 8.05. The second-order valence-electron chi connectivity index (χ2n) is 7.70. The minimum Gasteiger partial charge on any atom is -0.350 e. The Morgan fingerprint density at radius 3 is 2.64 bits per heavy atom. The maximum absolute atomic E-state index is 12.8. The standard InChI is InChI=1S/C19H29N3O2S/c1-14-10-11-22(15-8-6-7-9-16(15)25-14)18(24)13-21(5)12-17(23)20-19(2,3)4/h6-9,14H,10-13H2,1-5H3,(H,20,23)/t14-/m0/s1. The lowest BCUT2D eigenvalue weighted by molar-refractivity contribution is -0.124. The summed E-state index contributed by atoms with van der Waals surface area (Å²) in [7, 11) is 1.81. The lowest BCUT2D eigenvalue weighted by atomic mass is 10.1. The van der Waals surface area contributed by atoms with Crippen LogP contribution in [-0.4, -0.2) is 54.2 Å². The molecule has 0 spiro atoms. The second-order valence-corrected chi connectivity index (χ2v) is 9.18. The van der Waals surface area contributed by atoms with Crippen molar-refractivity contribution in [2.45, 2.75) is 49.8 Å². The van der Waals surface area contributed by atoms with Crippen LogP contribution in [0.4, 0.5) is 5.69 Å².